The van der Waals surface area contributed by atoms with Crippen LogP contribution in [0.4, 0.5) is 0 Å². The fourth-order valence-electron chi connectivity index (χ4n) is 2.78. The van der Waals surface area contributed by atoms with Gasteiger partial charge in [0, 0.05) is 17.5 Å². The molecule has 0 spiro atoms. The maximum absolute atomic E-state index is 3.59. The molecule has 1 saturated heterocycles. The summed E-state index contributed by atoms with van der Waals surface area (Å²) in [6, 6.07) is 9.85. The lowest BCUT2D eigenvalue weighted by Gasteiger charge is -2.13. The molecule has 1 heterocycles. The molecule has 2 fully saturated rings. The topological polar surface area (TPSA) is 15.3 Å². The normalized spacial score (nSPS) is 19.6. The monoisotopic (exact) mass is 290 g/mol. The number of rotatable bonds is 8. The van der Waals surface area contributed by atoms with Crippen LogP contribution in [0, 0.1) is 0 Å². The van der Waals surface area contributed by atoms with E-state index < -0.39 is 0 Å². The maximum atomic E-state index is 3.59. The summed E-state index contributed by atoms with van der Waals surface area (Å²) in [4.78, 5) is 4.04. The van der Waals surface area contributed by atoms with Crippen LogP contribution in [-0.2, 0) is 6.54 Å². The van der Waals surface area contributed by atoms with Gasteiger partial charge in [-0.2, -0.15) is 0 Å². The fourth-order valence-corrected chi connectivity index (χ4v) is 3.70. The third-order valence-corrected chi connectivity index (χ3v) is 5.24. The molecule has 0 radical (unpaired) electrons. The molecule has 1 aromatic carbocycles. The molecule has 1 N–H and O–H groups in total. The summed E-state index contributed by atoms with van der Waals surface area (Å²) in [5.41, 5.74) is 1.43. The first-order valence-electron chi connectivity index (χ1n) is 8.08. The van der Waals surface area contributed by atoms with Gasteiger partial charge in [0.05, 0.1) is 0 Å². The SMILES string of the molecule is c1cc(CNC2CC2)cc(SCCCN2CCCC2)c1. The van der Waals surface area contributed by atoms with E-state index in [2.05, 4.69) is 34.5 Å². The Morgan fingerprint density at radius 3 is 2.85 bits per heavy atom. The number of nitrogens with one attached hydrogen (secondary N) is 1. The molecule has 3 rings (SSSR count). The zero-order valence-electron chi connectivity index (χ0n) is 12.3. The molecular formula is C17H26N2S. The predicted molar refractivity (Wildman–Crippen MR) is 87.3 cm³/mol. The Kier molecular flexibility index (Phi) is 5.40. The standard InChI is InChI=1S/C17H26N2S/c1-2-10-19(9-1)11-4-12-20-17-6-3-5-15(13-17)14-18-16-7-8-16/h3,5-6,13,16,18H,1-2,4,7-12,14H2. The van der Waals surface area contributed by atoms with Crippen LogP contribution >= 0.6 is 11.8 Å². The molecule has 20 heavy (non-hydrogen) atoms. The lowest BCUT2D eigenvalue weighted by molar-refractivity contribution is 0.341. The Hall–Kier alpha value is -0.510. The van der Waals surface area contributed by atoms with Crippen molar-refractivity contribution in [1.82, 2.24) is 10.2 Å². The summed E-state index contributed by atoms with van der Waals surface area (Å²) in [5, 5.41) is 3.59. The second-order valence-corrected chi connectivity index (χ2v) is 7.22. The summed E-state index contributed by atoms with van der Waals surface area (Å²) in [6.07, 6.45) is 6.86. The smallest absolute Gasteiger partial charge is 0.0208 e. The highest BCUT2D eigenvalue weighted by molar-refractivity contribution is 7.99. The fraction of sp³-hybridized carbons (Fsp3) is 0.647. The van der Waals surface area contributed by atoms with E-state index in [0.717, 1.165) is 12.6 Å². The highest BCUT2D eigenvalue weighted by atomic mass is 32.2. The lowest BCUT2D eigenvalue weighted by Crippen LogP contribution is -2.20. The van der Waals surface area contributed by atoms with Crippen LogP contribution in [0.25, 0.3) is 0 Å². The van der Waals surface area contributed by atoms with E-state index in [1.165, 1.54) is 68.0 Å². The van der Waals surface area contributed by atoms with Crippen molar-refractivity contribution < 1.29 is 0 Å². The van der Waals surface area contributed by atoms with E-state index in [-0.39, 0.29) is 0 Å². The van der Waals surface area contributed by atoms with Crippen LogP contribution in [0.15, 0.2) is 29.2 Å². The third-order valence-electron chi connectivity index (χ3n) is 4.16. The maximum Gasteiger partial charge on any atom is 0.0208 e. The van der Waals surface area contributed by atoms with Crippen LogP contribution in [0.5, 0.6) is 0 Å². The van der Waals surface area contributed by atoms with Crippen molar-refractivity contribution in [3.63, 3.8) is 0 Å². The van der Waals surface area contributed by atoms with Crippen LogP contribution < -0.4 is 5.32 Å². The predicted octanol–water partition coefficient (Wildman–Crippen LogP) is 3.52. The van der Waals surface area contributed by atoms with Gasteiger partial charge in [0.1, 0.15) is 0 Å². The Morgan fingerprint density at radius 2 is 2.05 bits per heavy atom. The van der Waals surface area contributed by atoms with Gasteiger partial charge in [-0.25, -0.2) is 0 Å². The number of benzene rings is 1. The van der Waals surface area contributed by atoms with Crippen molar-refractivity contribution in [1.29, 1.82) is 0 Å². The van der Waals surface area contributed by atoms with Gasteiger partial charge < -0.3 is 10.2 Å². The molecule has 2 aliphatic rings. The minimum Gasteiger partial charge on any atom is -0.310 e. The van der Waals surface area contributed by atoms with E-state index >= 15 is 0 Å². The number of thioether (sulfide) groups is 1. The van der Waals surface area contributed by atoms with Crippen molar-refractivity contribution in [3.8, 4) is 0 Å². The van der Waals surface area contributed by atoms with E-state index in [1.807, 2.05) is 11.8 Å². The van der Waals surface area contributed by atoms with Gasteiger partial charge in [0.15, 0.2) is 0 Å². The van der Waals surface area contributed by atoms with Crippen LogP contribution in [0.2, 0.25) is 0 Å². The van der Waals surface area contributed by atoms with E-state index in [9.17, 15) is 0 Å². The molecular weight excluding hydrogens is 264 g/mol. The molecule has 1 aliphatic heterocycles. The quantitative estimate of drug-likeness (QED) is 0.582. The van der Waals surface area contributed by atoms with E-state index in [4.69, 9.17) is 0 Å². The van der Waals surface area contributed by atoms with Gasteiger partial charge in [-0.3, -0.25) is 0 Å². The van der Waals surface area contributed by atoms with Gasteiger partial charge in [-0.05, 0) is 75.2 Å². The van der Waals surface area contributed by atoms with E-state index in [0.29, 0.717) is 0 Å². The highest BCUT2D eigenvalue weighted by Crippen LogP contribution is 2.22. The molecule has 0 amide bonds. The zero-order chi connectivity index (χ0) is 13.6. The minimum atomic E-state index is 0.798. The lowest BCUT2D eigenvalue weighted by atomic mass is 10.2. The van der Waals surface area contributed by atoms with Gasteiger partial charge in [0.25, 0.3) is 0 Å². The largest absolute Gasteiger partial charge is 0.310 e. The minimum absolute atomic E-state index is 0.798. The van der Waals surface area contributed by atoms with Crippen LogP contribution in [-0.4, -0.2) is 36.3 Å². The summed E-state index contributed by atoms with van der Waals surface area (Å²) in [7, 11) is 0. The first-order chi connectivity index (χ1) is 9.90. The van der Waals surface area contributed by atoms with Gasteiger partial charge in [0.2, 0.25) is 0 Å². The second kappa shape index (κ2) is 7.48. The van der Waals surface area contributed by atoms with Gasteiger partial charge in [-0.1, -0.05) is 12.1 Å². The average Bonchev–Trinajstić information content (AvgIpc) is 3.17. The molecule has 1 saturated carbocycles. The molecule has 0 aromatic heterocycles. The van der Waals surface area contributed by atoms with Crippen molar-refractivity contribution in [2.75, 3.05) is 25.4 Å². The van der Waals surface area contributed by atoms with Crippen molar-refractivity contribution in [2.24, 2.45) is 0 Å². The molecule has 3 heteroatoms. The first-order valence-corrected chi connectivity index (χ1v) is 9.06. The van der Waals surface area contributed by atoms with Crippen molar-refractivity contribution in [3.05, 3.63) is 29.8 Å². The summed E-state index contributed by atoms with van der Waals surface area (Å²) in [6.45, 7) is 4.97. The Balaban J connectivity index is 1.36. The molecule has 110 valence electrons. The summed E-state index contributed by atoms with van der Waals surface area (Å²) < 4.78 is 0. The number of nitrogens with zero attached hydrogens (tertiary/aromatic N) is 1. The van der Waals surface area contributed by atoms with Crippen molar-refractivity contribution >= 4 is 11.8 Å². The van der Waals surface area contributed by atoms with Gasteiger partial charge >= 0.3 is 0 Å². The zero-order valence-corrected chi connectivity index (χ0v) is 13.1. The summed E-state index contributed by atoms with van der Waals surface area (Å²) >= 11 is 2.01. The van der Waals surface area contributed by atoms with E-state index in [1.54, 1.807) is 0 Å². The number of hydrogen-bond acceptors (Lipinski definition) is 3. The Bertz CT molecular complexity index is 411. The summed E-state index contributed by atoms with van der Waals surface area (Å²) in [5.74, 6) is 1.25. The third kappa shape index (κ3) is 4.80. The average molecular weight is 290 g/mol. The molecule has 0 atom stereocenters. The van der Waals surface area contributed by atoms with Crippen LogP contribution in [0.3, 0.4) is 0 Å². The molecule has 0 bridgehead atoms. The van der Waals surface area contributed by atoms with Gasteiger partial charge in [-0.15, -0.1) is 11.8 Å². The first kappa shape index (κ1) is 14.4. The second-order valence-electron chi connectivity index (χ2n) is 6.05. The molecule has 2 nitrogen and oxygen atoms in total. The van der Waals surface area contributed by atoms with Crippen LogP contribution in [0.1, 0.15) is 37.7 Å². The van der Waals surface area contributed by atoms with Crippen molar-refractivity contribution in [2.45, 2.75) is 49.6 Å². The highest BCUT2D eigenvalue weighted by Gasteiger charge is 2.19. The number of hydrogen-bond donors (Lipinski definition) is 1. The number of likely N-dealkylation sites (tertiary alicyclic amines) is 1. The molecule has 0 unspecified atom stereocenters. The Morgan fingerprint density at radius 1 is 1.20 bits per heavy atom. The Labute approximate surface area is 127 Å². The molecule has 1 aromatic rings. The molecule has 1 aliphatic carbocycles.